The molecule has 0 bridgehead atoms. The molecule has 1 aliphatic rings. The van der Waals surface area contributed by atoms with Crippen LogP contribution in [0.4, 0.5) is 0 Å². The Morgan fingerprint density at radius 3 is 2.17 bits per heavy atom. The maximum Gasteiger partial charge on any atom is 0.243 e. The summed E-state index contributed by atoms with van der Waals surface area (Å²) in [7, 11) is 0. The normalized spacial score (nSPS) is 14.5. The van der Waals surface area contributed by atoms with Crippen LogP contribution in [-0.2, 0) is 29.0 Å². The summed E-state index contributed by atoms with van der Waals surface area (Å²) in [5.74, 6) is -0.0731. The molecule has 4 rings (SSSR count). The number of carbonyl (C=O) groups is 2. The van der Waals surface area contributed by atoms with Crippen molar-refractivity contribution < 1.29 is 9.59 Å². The van der Waals surface area contributed by atoms with E-state index in [-0.39, 0.29) is 24.3 Å². The summed E-state index contributed by atoms with van der Waals surface area (Å²) in [5.41, 5.74) is 5.32. The van der Waals surface area contributed by atoms with Gasteiger partial charge in [-0.05, 0) is 48.9 Å². The average Bonchev–Trinajstić information content (AvgIpc) is 3.38. The molecule has 0 saturated heterocycles. The van der Waals surface area contributed by atoms with Crippen LogP contribution < -0.4 is 5.32 Å². The lowest BCUT2D eigenvalue weighted by Crippen LogP contribution is -2.52. The molecule has 1 atom stereocenters. The number of nitrogens with one attached hydrogen (secondary N) is 1. The number of carbonyl (C=O) groups excluding carboxylic acids is 2. The quantitative estimate of drug-likeness (QED) is 0.448. The van der Waals surface area contributed by atoms with Gasteiger partial charge >= 0.3 is 0 Å². The third-order valence-corrected chi connectivity index (χ3v) is 7.01. The molecule has 3 aromatic carbocycles. The van der Waals surface area contributed by atoms with E-state index in [4.69, 9.17) is 0 Å². The minimum absolute atomic E-state index is 0.0231. The molecule has 1 N–H and O–H groups in total. The van der Waals surface area contributed by atoms with Crippen molar-refractivity contribution >= 4 is 11.8 Å². The SMILES string of the molecule is Cc1ccc(C)c(CC(=O)N(Cc2ccccc2)[C@H](Cc2ccccc2)C(=O)NC2CCCC2)c1. The van der Waals surface area contributed by atoms with Crippen LogP contribution in [0.1, 0.15) is 53.5 Å². The summed E-state index contributed by atoms with van der Waals surface area (Å²) in [6.45, 7) is 4.49. The molecule has 0 radical (unpaired) electrons. The third kappa shape index (κ3) is 6.82. The topological polar surface area (TPSA) is 49.4 Å². The number of hydrogen-bond acceptors (Lipinski definition) is 2. The smallest absolute Gasteiger partial charge is 0.243 e. The molecule has 1 aliphatic carbocycles. The first-order valence-electron chi connectivity index (χ1n) is 12.7. The summed E-state index contributed by atoms with van der Waals surface area (Å²) in [4.78, 5) is 29.4. The summed E-state index contributed by atoms with van der Waals surface area (Å²) in [6.07, 6.45) is 5.09. The van der Waals surface area contributed by atoms with Crippen LogP contribution in [0.2, 0.25) is 0 Å². The molecule has 4 heteroatoms. The lowest BCUT2D eigenvalue weighted by molar-refractivity contribution is -0.141. The number of aryl methyl sites for hydroxylation is 2. The Kier molecular flexibility index (Phi) is 8.36. The van der Waals surface area contributed by atoms with E-state index in [2.05, 4.69) is 23.5 Å². The zero-order chi connectivity index (χ0) is 24.6. The van der Waals surface area contributed by atoms with Gasteiger partial charge in [-0.2, -0.15) is 0 Å². The van der Waals surface area contributed by atoms with Gasteiger partial charge in [-0.25, -0.2) is 0 Å². The molecular formula is C31H36N2O2. The minimum atomic E-state index is -0.573. The monoisotopic (exact) mass is 468 g/mol. The van der Waals surface area contributed by atoms with Crippen molar-refractivity contribution in [2.75, 3.05) is 0 Å². The molecule has 3 aromatic rings. The van der Waals surface area contributed by atoms with Crippen molar-refractivity contribution in [3.63, 3.8) is 0 Å². The molecule has 1 saturated carbocycles. The van der Waals surface area contributed by atoms with Crippen molar-refractivity contribution in [1.29, 1.82) is 0 Å². The van der Waals surface area contributed by atoms with E-state index >= 15 is 0 Å². The first-order chi connectivity index (χ1) is 17.0. The second kappa shape index (κ2) is 11.8. The number of rotatable bonds is 9. The minimum Gasteiger partial charge on any atom is -0.352 e. The Bertz CT molecular complexity index is 1120. The van der Waals surface area contributed by atoms with Crippen molar-refractivity contribution in [1.82, 2.24) is 10.2 Å². The first kappa shape index (κ1) is 24.7. The molecule has 2 amide bonds. The van der Waals surface area contributed by atoms with Gasteiger partial charge in [-0.1, -0.05) is 97.3 Å². The van der Waals surface area contributed by atoms with Crippen LogP contribution in [0, 0.1) is 13.8 Å². The summed E-state index contributed by atoms with van der Waals surface area (Å²) >= 11 is 0. The summed E-state index contributed by atoms with van der Waals surface area (Å²) in [6, 6.07) is 25.8. The fourth-order valence-electron chi connectivity index (χ4n) is 4.96. The molecule has 0 aromatic heterocycles. The first-order valence-corrected chi connectivity index (χ1v) is 12.7. The van der Waals surface area contributed by atoms with Gasteiger partial charge in [0, 0.05) is 19.0 Å². The van der Waals surface area contributed by atoms with Gasteiger partial charge in [0.25, 0.3) is 0 Å². The summed E-state index contributed by atoms with van der Waals surface area (Å²) in [5, 5.41) is 3.27. The van der Waals surface area contributed by atoms with E-state index in [1.807, 2.05) is 74.5 Å². The predicted octanol–water partition coefficient (Wildman–Crippen LogP) is 5.54. The van der Waals surface area contributed by atoms with Crippen LogP contribution in [0.5, 0.6) is 0 Å². The van der Waals surface area contributed by atoms with Gasteiger partial charge in [-0.15, -0.1) is 0 Å². The van der Waals surface area contributed by atoms with Gasteiger partial charge in [0.15, 0.2) is 0 Å². The Balaban J connectivity index is 1.66. The Hall–Kier alpha value is -3.40. The van der Waals surface area contributed by atoms with E-state index in [1.165, 1.54) is 0 Å². The summed E-state index contributed by atoms with van der Waals surface area (Å²) < 4.78 is 0. The van der Waals surface area contributed by atoms with Crippen molar-refractivity contribution in [2.24, 2.45) is 0 Å². The second-order valence-corrected chi connectivity index (χ2v) is 9.81. The van der Waals surface area contributed by atoms with E-state index in [0.29, 0.717) is 13.0 Å². The molecule has 182 valence electrons. The van der Waals surface area contributed by atoms with Crippen molar-refractivity contribution in [3.05, 3.63) is 107 Å². The largest absolute Gasteiger partial charge is 0.352 e. The lowest BCUT2D eigenvalue weighted by Gasteiger charge is -2.32. The van der Waals surface area contributed by atoms with Gasteiger partial charge in [-0.3, -0.25) is 9.59 Å². The molecule has 0 spiro atoms. The lowest BCUT2D eigenvalue weighted by atomic mass is 9.99. The zero-order valence-electron chi connectivity index (χ0n) is 20.9. The molecule has 35 heavy (non-hydrogen) atoms. The number of amides is 2. The van der Waals surface area contributed by atoms with Crippen molar-refractivity contribution in [2.45, 2.75) is 71.0 Å². The van der Waals surface area contributed by atoms with Gasteiger partial charge in [0.1, 0.15) is 6.04 Å². The van der Waals surface area contributed by atoms with Gasteiger partial charge in [0.05, 0.1) is 6.42 Å². The highest BCUT2D eigenvalue weighted by molar-refractivity contribution is 5.89. The number of nitrogens with zero attached hydrogens (tertiary/aromatic N) is 1. The standard InChI is InChI=1S/C31H36N2O2/c1-23-17-18-24(2)27(19-23)21-30(34)33(22-26-13-7-4-8-14-26)29(20-25-11-5-3-6-12-25)31(35)32-28-15-9-10-16-28/h3-8,11-14,17-19,28-29H,9-10,15-16,20-22H2,1-2H3,(H,32,35)/t29-/m1/s1. The van der Waals surface area contributed by atoms with Crippen LogP contribution >= 0.6 is 0 Å². The maximum absolute atomic E-state index is 13.9. The van der Waals surface area contributed by atoms with Crippen LogP contribution in [0.25, 0.3) is 0 Å². The fraction of sp³-hybridized carbons (Fsp3) is 0.355. The number of benzene rings is 3. The maximum atomic E-state index is 13.9. The predicted molar refractivity (Wildman–Crippen MR) is 141 cm³/mol. The van der Waals surface area contributed by atoms with Crippen LogP contribution in [0.15, 0.2) is 78.9 Å². The van der Waals surface area contributed by atoms with Crippen LogP contribution in [-0.4, -0.2) is 28.8 Å². The van der Waals surface area contributed by atoms with Gasteiger partial charge < -0.3 is 10.2 Å². The van der Waals surface area contributed by atoms with Crippen molar-refractivity contribution in [3.8, 4) is 0 Å². The zero-order valence-corrected chi connectivity index (χ0v) is 20.9. The molecule has 0 heterocycles. The molecule has 4 nitrogen and oxygen atoms in total. The third-order valence-electron chi connectivity index (χ3n) is 7.01. The van der Waals surface area contributed by atoms with Crippen LogP contribution in [0.3, 0.4) is 0 Å². The number of hydrogen-bond donors (Lipinski definition) is 1. The van der Waals surface area contributed by atoms with E-state index in [1.54, 1.807) is 4.90 Å². The highest BCUT2D eigenvalue weighted by Gasteiger charge is 2.32. The van der Waals surface area contributed by atoms with E-state index in [9.17, 15) is 9.59 Å². The Morgan fingerprint density at radius 2 is 1.51 bits per heavy atom. The highest BCUT2D eigenvalue weighted by atomic mass is 16.2. The second-order valence-electron chi connectivity index (χ2n) is 9.81. The average molecular weight is 469 g/mol. The highest BCUT2D eigenvalue weighted by Crippen LogP contribution is 2.21. The Morgan fingerprint density at radius 1 is 0.886 bits per heavy atom. The molecule has 1 fully saturated rings. The van der Waals surface area contributed by atoms with E-state index < -0.39 is 6.04 Å². The molecule has 0 unspecified atom stereocenters. The Labute approximate surface area is 209 Å². The van der Waals surface area contributed by atoms with Gasteiger partial charge in [0.2, 0.25) is 11.8 Å². The van der Waals surface area contributed by atoms with E-state index in [0.717, 1.165) is 53.5 Å². The fourth-order valence-corrected chi connectivity index (χ4v) is 4.96. The molecule has 0 aliphatic heterocycles. The molecular weight excluding hydrogens is 432 g/mol.